The third-order valence-electron chi connectivity index (χ3n) is 2.29. The number of thiazole rings is 1. The van der Waals surface area contributed by atoms with Gasteiger partial charge < -0.3 is 10.1 Å². The van der Waals surface area contributed by atoms with Crippen LogP contribution in [0.5, 0.6) is 0 Å². The fourth-order valence-corrected chi connectivity index (χ4v) is 2.53. The maximum Gasteiger partial charge on any atom is 0.338 e. The van der Waals surface area contributed by atoms with Crippen LogP contribution in [0.1, 0.15) is 31.1 Å². The maximum atomic E-state index is 11.8. The van der Waals surface area contributed by atoms with Crippen molar-refractivity contribution < 1.29 is 9.53 Å². The number of esters is 1. The van der Waals surface area contributed by atoms with Gasteiger partial charge in [0.1, 0.15) is 0 Å². The molecule has 0 atom stereocenters. The van der Waals surface area contributed by atoms with Crippen molar-refractivity contribution in [2.75, 3.05) is 11.9 Å². The van der Waals surface area contributed by atoms with Crippen LogP contribution < -0.4 is 5.32 Å². The molecule has 1 aromatic carbocycles. The number of benzene rings is 1. The van der Waals surface area contributed by atoms with Crippen LogP contribution in [-0.2, 0) is 4.74 Å². The molecule has 0 fully saturated rings. The summed E-state index contributed by atoms with van der Waals surface area (Å²) in [5, 5.41) is 4.05. The van der Waals surface area contributed by atoms with Crippen LogP contribution in [0.4, 0.5) is 5.13 Å². The van der Waals surface area contributed by atoms with Gasteiger partial charge in [0.2, 0.25) is 0 Å². The third-order valence-corrected chi connectivity index (χ3v) is 3.27. The molecule has 0 bridgehead atoms. The van der Waals surface area contributed by atoms with Crippen LogP contribution in [-0.4, -0.2) is 23.6 Å². The van der Waals surface area contributed by atoms with Crippen LogP contribution in [0.3, 0.4) is 0 Å². The number of hydrogen-bond acceptors (Lipinski definition) is 5. The zero-order chi connectivity index (χ0) is 13.1. The van der Waals surface area contributed by atoms with Crippen molar-refractivity contribution in [3.8, 4) is 0 Å². The van der Waals surface area contributed by atoms with Gasteiger partial charge in [0, 0.05) is 6.54 Å². The molecule has 4 nitrogen and oxygen atoms in total. The molecule has 0 aliphatic rings. The molecular formula is C13H16N2O2S. The first kappa shape index (κ1) is 12.8. The van der Waals surface area contributed by atoms with E-state index in [1.165, 1.54) is 0 Å². The monoisotopic (exact) mass is 264 g/mol. The van der Waals surface area contributed by atoms with E-state index in [9.17, 15) is 4.79 Å². The Bertz CT molecular complexity index is 563. The molecule has 1 heterocycles. The van der Waals surface area contributed by atoms with Crippen molar-refractivity contribution in [3.63, 3.8) is 0 Å². The van der Waals surface area contributed by atoms with E-state index in [1.54, 1.807) is 17.4 Å². The molecule has 2 aromatic rings. The molecular weight excluding hydrogens is 248 g/mol. The SMILES string of the molecule is CCNc1nc2ccc(C(=O)OC(C)C)cc2s1. The van der Waals surface area contributed by atoms with E-state index in [2.05, 4.69) is 10.3 Å². The summed E-state index contributed by atoms with van der Waals surface area (Å²) in [6.45, 7) is 6.54. The van der Waals surface area contributed by atoms with Gasteiger partial charge in [0.25, 0.3) is 0 Å². The van der Waals surface area contributed by atoms with E-state index in [1.807, 2.05) is 32.9 Å². The molecule has 0 saturated carbocycles. The Morgan fingerprint density at radius 2 is 2.28 bits per heavy atom. The second-order valence-corrected chi connectivity index (χ2v) is 5.22. The summed E-state index contributed by atoms with van der Waals surface area (Å²) < 4.78 is 6.16. The van der Waals surface area contributed by atoms with Crippen molar-refractivity contribution >= 4 is 32.7 Å². The Balaban J connectivity index is 2.29. The number of nitrogens with one attached hydrogen (secondary N) is 1. The second-order valence-electron chi connectivity index (χ2n) is 4.19. The largest absolute Gasteiger partial charge is 0.459 e. The number of ether oxygens (including phenoxy) is 1. The number of hydrogen-bond donors (Lipinski definition) is 1. The van der Waals surface area contributed by atoms with Gasteiger partial charge in [-0.15, -0.1) is 0 Å². The molecule has 0 radical (unpaired) electrons. The fraction of sp³-hybridized carbons (Fsp3) is 0.385. The average molecular weight is 264 g/mol. The van der Waals surface area contributed by atoms with Crippen molar-refractivity contribution in [2.45, 2.75) is 26.9 Å². The van der Waals surface area contributed by atoms with Gasteiger partial charge in [0.05, 0.1) is 21.9 Å². The predicted octanol–water partition coefficient (Wildman–Crippen LogP) is 3.29. The van der Waals surface area contributed by atoms with E-state index in [0.29, 0.717) is 5.56 Å². The standard InChI is InChI=1S/C13H16N2O2S/c1-4-14-13-15-10-6-5-9(7-11(10)18-13)12(16)17-8(2)3/h5-8H,4H2,1-3H3,(H,14,15). The van der Waals surface area contributed by atoms with E-state index in [0.717, 1.165) is 21.9 Å². The van der Waals surface area contributed by atoms with Crippen molar-refractivity contribution in [1.29, 1.82) is 0 Å². The molecule has 0 spiro atoms. The lowest BCUT2D eigenvalue weighted by molar-refractivity contribution is 0.0378. The summed E-state index contributed by atoms with van der Waals surface area (Å²) in [6, 6.07) is 5.44. The summed E-state index contributed by atoms with van der Waals surface area (Å²) in [6.07, 6.45) is -0.105. The molecule has 0 saturated heterocycles. The Kier molecular flexibility index (Phi) is 3.81. The highest BCUT2D eigenvalue weighted by atomic mass is 32.1. The Morgan fingerprint density at radius 3 is 2.94 bits per heavy atom. The first-order chi connectivity index (χ1) is 8.60. The summed E-state index contributed by atoms with van der Waals surface area (Å²) in [5.41, 5.74) is 1.47. The highest BCUT2D eigenvalue weighted by Gasteiger charge is 2.11. The second kappa shape index (κ2) is 5.35. The molecule has 0 unspecified atom stereocenters. The normalized spacial score (nSPS) is 10.9. The highest BCUT2D eigenvalue weighted by molar-refractivity contribution is 7.22. The molecule has 1 aromatic heterocycles. The van der Waals surface area contributed by atoms with Crippen molar-refractivity contribution in [1.82, 2.24) is 4.98 Å². The zero-order valence-corrected chi connectivity index (χ0v) is 11.5. The summed E-state index contributed by atoms with van der Waals surface area (Å²) in [7, 11) is 0. The maximum absolute atomic E-state index is 11.8. The lowest BCUT2D eigenvalue weighted by Gasteiger charge is -2.07. The Labute approximate surface area is 110 Å². The minimum atomic E-state index is -0.287. The molecule has 0 amide bonds. The molecule has 0 aliphatic carbocycles. The number of carbonyl (C=O) groups is 1. The summed E-state index contributed by atoms with van der Waals surface area (Å²) in [5.74, 6) is -0.287. The zero-order valence-electron chi connectivity index (χ0n) is 10.7. The Hall–Kier alpha value is -1.62. The molecule has 1 N–H and O–H groups in total. The molecule has 0 aliphatic heterocycles. The summed E-state index contributed by atoms with van der Waals surface area (Å²) in [4.78, 5) is 16.2. The summed E-state index contributed by atoms with van der Waals surface area (Å²) >= 11 is 1.54. The minimum absolute atomic E-state index is 0.105. The van der Waals surface area contributed by atoms with Crippen molar-refractivity contribution in [3.05, 3.63) is 23.8 Å². The van der Waals surface area contributed by atoms with Gasteiger partial charge in [-0.2, -0.15) is 0 Å². The van der Waals surface area contributed by atoms with Crippen LogP contribution >= 0.6 is 11.3 Å². The lowest BCUT2D eigenvalue weighted by atomic mass is 10.2. The molecule has 2 rings (SSSR count). The smallest absolute Gasteiger partial charge is 0.338 e. The van der Waals surface area contributed by atoms with Crippen LogP contribution in [0, 0.1) is 0 Å². The van der Waals surface area contributed by atoms with Gasteiger partial charge in [-0.1, -0.05) is 11.3 Å². The van der Waals surface area contributed by atoms with Gasteiger partial charge >= 0.3 is 5.97 Å². The van der Waals surface area contributed by atoms with E-state index in [4.69, 9.17) is 4.74 Å². The average Bonchev–Trinajstić information content (AvgIpc) is 2.69. The number of carbonyl (C=O) groups excluding carboxylic acids is 1. The van der Waals surface area contributed by atoms with Crippen LogP contribution in [0.2, 0.25) is 0 Å². The number of aromatic nitrogens is 1. The molecule has 18 heavy (non-hydrogen) atoms. The molecule has 96 valence electrons. The van der Waals surface area contributed by atoms with E-state index >= 15 is 0 Å². The number of rotatable bonds is 4. The van der Waals surface area contributed by atoms with E-state index in [-0.39, 0.29) is 12.1 Å². The topological polar surface area (TPSA) is 51.2 Å². The van der Waals surface area contributed by atoms with Gasteiger partial charge in [-0.05, 0) is 39.0 Å². The first-order valence-electron chi connectivity index (χ1n) is 5.95. The van der Waals surface area contributed by atoms with Gasteiger partial charge in [-0.25, -0.2) is 9.78 Å². The molecule has 5 heteroatoms. The fourth-order valence-electron chi connectivity index (χ4n) is 1.56. The Morgan fingerprint density at radius 1 is 1.50 bits per heavy atom. The van der Waals surface area contributed by atoms with Crippen LogP contribution in [0.25, 0.3) is 10.2 Å². The van der Waals surface area contributed by atoms with Gasteiger partial charge in [0.15, 0.2) is 5.13 Å². The third kappa shape index (κ3) is 2.79. The van der Waals surface area contributed by atoms with Gasteiger partial charge in [-0.3, -0.25) is 0 Å². The predicted molar refractivity (Wildman–Crippen MR) is 74.3 cm³/mol. The van der Waals surface area contributed by atoms with Crippen LogP contribution in [0.15, 0.2) is 18.2 Å². The quantitative estimate of drug-likeness (QED) is 0.861. The lowest BCUT2D eigenvalue weighted by Crippen LogP contribution is -2.11. The first-order valence-corrected chi connectivity index (χ1v) is 6.77. The van der Waals surface area contributed by atoms with Crippen molar-refractivity contribution in [2.24, 2.45) is 0 Å². The highest BCUT2D eigenvalue weighted by Crippen LogP contribution is 2.26. The number of fused-ring (bicyclic) bond motifs is 1. The number of nitrogens with zero attached hydrogens (tertiary/aromatic N) is 1. The minimum Gasteiger partial charge on any atom is -0.459 e. The van der Waals surface area contributed by atoms with E-state index < -0.39 is 0 Å². The number of anilines is 1.